The van der Waals surface area contributed by atoms with Crippen LogP contribution in [-0.2, 0) is 4.79 Å². The van der Waals surface area contributed by atoms with Crippen molar-refractivity contribution in [1.29, 1.82) is 0 Å². The van der Waals surface area contributed by atoms with E-state index in [1.807, 2.05) is 4.90 Å². The molecule has 0 atom stereocenters. The van der Waals surface area contributed by atoms with Gasteiger partial charge >= 0.3 is 0 Å². The minimum atomic E-state index is 0.297. The SMILES string of the molecule is O=C1CCCN(c2ncncc2I)C1. The average molecular weight is 303 g/mol. The third kappa shape index (κ3) is 2.02. The molecule has 1 aromatic heterocycles. The number of halogens is 1. The van der Waals surface area contributed by atoms with Crippen molar-refractivity contribution in [2.45, 2.75) is 12.8 Å². The normalized spacial score (nSPS) is 17.2. The molecule has 14 heavy (non-hydrogen) atoms. The second-order valence-electron chi connectivity index (χ2n) is 3.26. The first-order valence-electron chi connectivity index (χ1n) is 4.49. The standard InChI is InChI=1S/C9H10IN3O/c10-8-4-11-6-12-9(8)13-3-1-2-7(14)5-13/h4,6H,1-3,5H2. The van der Waals surface area contributed by atoms with E-state index in [2.05, 4.69) is 32.6 Å². The zero-order valence-corrected chi connectivity index (χ0v) is 9.77. The summed E-state index contributed by atoms with van der Waals surface area (Å²) >= 11 is 2.19. The number of hydrogen-bond acceptors (Lipinski definition) is 4. The maximum atomic E-state index is 11.3. The van der Waals surface area contributed by atoms with E-state index < -0.39 is 0 Å². The Hall–Kier alpha value is -0.720. The van der Waals surface area contributed by atoms with Gasteiger partial charge in [0.2, 0.25) is 0 Å². The van der Waals surface area contributed by atoms with Crippen LogP contribution in [0.25, 0.3) is 0 Å². The fourth-order valence-electron chi connectivity index (χ4n) is 1.56. The summed E-state index contributed by atoms with van der Waals surface area (Å²) in [4.78, 5) is 21.4. The summed E-state index contributed by atoms with van der Waals surface area (Å²) in [6.07, 6.45) is 4.93. The number of ketones is 1. The fraction of sp³-hybridized carbons (Fsp3) is 0.444. The van der Waals surface area contributed by atoms with Crippen molar-refractivity contribution < 1.29 is 4.79 Å². The van der Waals surface area contributed by atoms with Crippen LogP contribution in [0.1, 0.15) is 12.8 Å². The quantitative estimate of drug-likeness (QED) is 0.733. The maximum absolute atomic E-state index is 11.3. The van der Waals surface area contributed by atoms with Crippen LogP contribution in [0.2, 0.25) is 0 Å². The van der Waals surface area contributed by atoms with Crippen LogP contribution in [0, 0.1) is 3.57 Å². The van der Waals surface area contributed by atoms with Crippen molar-refractivity contribution in [2.75, 3.05) is 18.0 Å². The highest BCUT2D eigenvalue weighted by atomic mass is 127. The Bertz CT molecular complexity index is 356. The van der Waals surface area contributed by atoms with Crippen molar-refractivity contribution >= 4 is 34.2 Å². The van der Waals surface area contributed by atoms with Gasteiger partial charge in [-0.3, -0.25) is 4.79 Å². The number of nitrogens with zero attached hydrogens (tertiary/aromatic N) is 3. The molecule has 5 heteroatoms. The molecule has 2 heterocycles. The number of Topliss-reactive ketones (excluding diaryl/α,β-unsaturated/α-hetero) is 1. The summed E-state index contributed by atoms with van der Waals surface area (Å²) < 4.78 is 1.000. The van der Waals surface area contributed by atoms with Crippen molar-refractivity contribution in [3.8, 4) is 0 Å². The Morgan fingerprint density at radius 3 is 3.07 bits per heavy atom. The second kappa shape index (κ2) is 4.20. The van der Waals surface area contributed by atoms with Crippen molar-refractivity contribution in [2.24, 2.45) is 0 Å². The number of hydrogen-bond donors (Lipinski definition) is 0. The number of piperidine rings is 1. The number of aromatic nitrogens is 2. The first kappa shape index (κ1) is 9.82. The zero-order valence-electron chi connectivity index (χ0n) is 7.61. The lowest BCUT2D eigenvalue weighted by molar-refractivity contribution is -0.118. The molecule has 0 saturated carbocycles. The molecule has 0 amide bonds. The summed E-state index contributed by atoms with van der Waals surface area (Å²) in [5.74, 6) is 1.18. The molecule has 0 bridgehead atoms. The number of anilines is 1. The van der Waals surface area contributed by atoms with Crippen LogP contribution >= 0.6 is 22.6 Å². The monoisotopic (exact) mass is 303 g/mol. The summed E-state index contributed by atoms with van der Waals surface area (Å²) in [6.45, 7) is 1.41. The van der Waals surface area contributed by atoms with Gasteiger partial charge in [-0.25, -0.2) is 9.97 Å². The van der Waals surface area contributed by atoms with E-state index >= 15 is 0 Å². The highest BCUT2D eigenvalue weighted by molar-refractivity contribution is 14.1. The molecule has 1 aliphatic heterocycles. The van der Waals surface area contributed by atoms with Crippen molar-refractivity contribution in [1.82, 2.24) is 9.97 Å². The Kier molecular flexibility index (Phi) is 2.95. The van der Waals surface area contributed by atoms with Crippen LogP contribution in [0.5, 0.6) is 0 Å². The van der Waals surface area contributed by atoms with Crippen LogP contribution in [-0.4, -0.2) is 28.8 Å². The van der Waals surface area contributed by atoms with E-state index in [4.69, 9.17) is 0 Å². The molecular weight excluding hydrogens is 293 g/mol. The largest absolute Gasteiger partial charge is 0.348 e. The summed E-state index contributed by atoms with van der Waals surface area (Å²) in [7, 11) is 0. The van der Waals surface area contributed by atoms with Gasteiger partial charge in [0.25, 0.3) is 0 Å². The lowest BCUT2D eigenvalue weighted by Crippen LogP contribution is -2.36. The lowest BCUT2D eigenvalue weighted by Gasteiger charge is -2.27. The lowest BCUT2D eigenvalue weighted by atomic mass is 10.1. The maximum Gasteiger partial charge on any atom is 0.152 e. The topological polar surface area (TPSA) is 46.1 Å². The molecule has 0 unspecified atom stereocenters. The van der Waals surface area contributed by atoms with Gasteiger partial charge in [0.1, 0.15) is 12.1 Å². The molecule has 1 aromatic rings. The molecule has 0 N–H and O–H groups in total. The van der Waals surface area contributed by atoms with E-state index in [9.17, 15) is 4.79 Å². The summed E-state index contributed by atoms with van der Waals surface area (Å²) in [5.41, 5.74) is 0. The van der Waals surface area contributed by atoms with Gasteiger partial charge in [-0.15, -0.1) is 0 Å². The van der Waals surface area contributed by atoms with Crippen LogP contribution in [0.4, 0.5) is 5.82 Å². The van der Waals surface area contributed by atoms with Crippen LogP contribution < -0.4 is 4.90 Å². The first-order chi connectivity index (χ1) is 6.77. The van der Waals surface area contributed by atoms with Gasteiger partial charge in [-0.2, -0.15) is 0 Å². The molecule has 74 valence electrons. The van der Waals surface area contributed by atoms with Gasteiger partial charge in [0.05, 0.1) is 10.1 Å². The van der Waals surface area contributed by atoms with E-state index in [0.29, 0.717) is 18.7 Å². The number of carbonyl (C=O) groups is 1. The molecule has 0 spiro atoms. The van der Waals surface area contributed by atoms with Crippen LogP contribution in [0.15, 0.2) is 12.5 Å². The van der Waals surface area contributed by atoms with Gasteiger partial charge in [0.15, 0.2) is 5.78 Å². The predicted molar refractivity (Wildman–Crippen MR) is 61.2 cm³/mol. The smallest absolute Gasteiger partial charge is 0.152 e. The van der Waals surface area contributed by atoms with Crippen molar-refractivity contribution in [3.05, 3.63) is 16.1 Å². The Balaban J connectivity index is 2.22. The minimum absolute atomic E-state index is 0.297. The molecule has 2 rings (SSSR count). The number of carbonyl (C=O) groups excluding carboxylic acids is 1. The number of rotatable bonds is 1. The zero-order chi connectivity index (χ0) is 9.97. The molecule has 4 nitrogen and oxygen atoms in total. The Labute approximate surface area is 95.9 Å². The summed E-state index contributed by atoms with van der Waals surface area (Å²) in [6, 6.07) is 0. The Morgan fingerprint density at radius 2 is 2.36 bits per heavy atom. The van der Waals surface area contributed by atoms with Gasteiger partial charge in [-0.1, -0.05) is 0 Å². The summed E-state index contributed by atoms with van der Waals surface area (Å²) in [5, 5.41) is 0. The van der Waals surface area contributed by atoms with Crippen LogP contribution in [0.3, 0.4) is 0 Å². The van der Waals surface area contributed by atoms with E-state index in [0.717, 1.165) is 22.4 Å². The average Bonchev–Trinajstić information content (AvgIpc) is 2.18. The Morgan fingerprint density at radius 1 is 1.50 bits per heavy atom. The second-order valence-corrected chi connectivity index (χ2v) is 4.42. The molecule has 1 fully saturated rings. The minimum Gasteiger partial charge on any atom is -0.348 e. The van der Waals surface area contributed by atoms with E-state index in [1.54, 1.807) is 6.20 Å². The van der Waals surface area contributed by atoms with E-state index in [-0.39, 0.29) is 0 Å². The van der Waals surface area contributed by atoms with Gasteiger partial charge < -0.3 is 4.90 Å². The third-order valence-corrected chi connectivity index (χ3v) is 2.96. The predicted octanol–water partition coefficient (Wildman–Crippen LogP) is 1.25. The van der Waals surface area contributed by atoms with Crippen molar-refractivity contribution in [3.63, 3.8) is 0 Å². The molecule has 0 aliphatic carbocycles. The molecule has 1 aliphatic rings. The highest BCUT2D eigenvalue weighted by Gasteiger charge is 2.19. The van der Waals surface area contributed by atoms with Gasteiger partial charge in [-0.05, 0) is 29.0 Å². The molecule has 0 radical (unpaired) electrons. The van der Waals surface area contributed by atoms with Gasteiger partial charge in [0, 0.05) is 19.2 Å². The third-order valence-electron chi connectivity index (χ3n) is 2.20. The molecule has 1 saturated heterocycles. The van der Waals surface area contributed by atoms with E-state index in [1.165, 1.54) is 6.33 Å². The first-order valence-corrected chi connectivity index (χ1v) is 5.57. The fourth-order valence-corrected chi connectivity index (χ4v) is 2.20. The molecular formula is C9H10IN3O. The molecule has 0 aromatic carbocycles. The highest BCUT2D eigenvalue weighted by Crippen LogP contribution is 2.20.